The Hall–Kier alpha value is -1.59. The molecule has 0 amide bonds. The van der Waals surface area contributed by atoms with Gasteiger partial charge in [-0.25, -0.2) is 4.98 Å². The summed E-state index contributed by atoms with van der Waals surface area (Å²) in [5.41, 5.74) is 1.07. The molecule has 2 rings (SSSR count). The van der Waals surface area contributed by atoms with E-state index in [0.29, 0.717) is 4.61 Å². The van der Waals surface area contributed by atoms with Crippen LogP contribution in [0.15, 0.2) is 36.7 Å². The first-order valence-corrected chi connectivity index (χ1v) is 6.58. The fraction of sp³-hybridized carbons (Fsp3) is 0.0769. The van der Waals surface area contributed by atoms with Crippen molar-refractivity contribution in [1.82, 2.24) is 9.55 Å². The summed E-state index contributed by atoms with van der Waals surface area (Å²) in [5.74, 6) is 0.776. The second kappa shape index (κ2) is 6.04. The summed E-state index contributed by atoms with van der Waals surface area (Å²) >= 11 is 9.25. The highest BCUT2D eigenvalue weighted by atomic mass is 79.9. The minimum absolute atomic E-state index is 0.121. The third kappa shape index (κ3) is 3.24. The SMILES string of the molecule is COc1cccc(/C=C(\Br)n2ccnc(Cl)c2=N)c1. The van der Waals surface area contributed by atoms with Crippen molar-refractivity contribution in [3.63, 3.8) is 0 Å². The Morgan fingerprint density at radius 2 is 2.32 bits per heavy atom. The van der Waals surface area contributed by atoms with Crippen LogP contribution in [0.3, 0.4) is 0 Å². The van der Waals surface area contributed by atoms with E-state index in [-0.39, 0.29) is 10.6 Å². The molecule has 0 aliphatic heterocycles. The maximum Gasteiger partial charge on any atom is 0.171 e. The number of benzene rings is 1. The molecular weight excluding hydrogens is 330 g/mol. The van der Waals surface area contributed by atoms with Gasteiger partial charge in [-0.1, -0.05) is 23.7 Å². The highest BCUT2D eigenvalue weighted by Crippen LogP contribution is 2.19. The molecule has 1 N–H and O–H groups in total. The Morgan fingerprint density at radius 1 is 1.53 bits per heavy atom. The number of nitrogens with zero attached hydrogens (tertiary/aromatic N) is 2. The Kier molecular flexibility index (Phi) is 4.39. The van der Waals surface area contributed by atoms with Crippen molar-refractivity contribution in [3.8, 4) is 5.75 Å². The lowest BCUT2D eigenvalue weighted by Crippen LogP contribution is -2.18. The lowest BCUT2D eigenvalue weighted by atomic mass is 10.2. The summed E-state index contributed by atoms with van der Waals surface area (Å²) in [6.45, 7) is 0. The third-order valence-corrected chi connectivity index (χ3v) is 3.34. The molecule has 98 valence electrons. The number of methoxy groups -OCH3 is 1. The molecular formula is C13H11BrClN3O. The second-order valence-electron chi connectivity index (χ2n) is 3.68. The third-order valence-electron chi connectivity index (χ3n) is 2.45. The van der Waals surface area contributed by atoms with Gasteiger partial charge in [-0.2, -0.15) is 0 Å². The van der Waals surface area contributed by atoms with Crippen LogP contribution in [-0.4, -0.2) is 16.7 Å². The standard InChI is InChI=1S/C13H11BrClN3O/c1-19-10-4-2-3-9(7-10)8-11(14)18-6-5-17-12(15)13(18)16/h2-8,16H,1H3/b11-8+,16-13?. The zero-order chi connectivity index (χ0) is 13.8. The Bertz CT molecular complexity index is 682. The normalized spacial score (nSPS) is 11.4. The van der Waals surface area contributed by atoms with Gasteiger partial charge in [-0.05, 0) is 39.7 Å². The van der Waals surface area contributed by atoms with E-state index in [1.54, 1.807) is 24.1 Å². The molecule has 0 unspecified atom stereocenters. The summed E-state index contributed by atoms with van der Waals surface area (Å²) in [5, 5.41) is 7.99. The Labute approximate surface area is 124 Å². The topological polar surface area (TPSA) is 50.9 Å². The van der Waals surface area contributed by atoms with Crippen LogP contribution in [0.4, 0.5) is 0 Å². The molecule has 1 aromatic heterocycles. The molecule has 2 aromatic rings. The van der Waals surface area contributed by atoms with E-state index >= 15 is 0 Å². The van der Waals surface area contributed by atoms with Crippen LogP contribution < -0.4 is 10.2 Å². The maximum atomic E-state index is 7.84. The quantitative estimate of drug-likeness (QED) is 0.931. The molecule has 0 radical (unpaired) electrons. The predicted molar refractivity (Wildman–Crippen MR) is 79.2 cm³/mol. The summed E-state index contributed by atoms with van der Waals surface area (Å²) < 4.78 is 7.45. The molecule has 4 nitrogen and oxygen atoms in total. The van der Waals surface area contributed by atoms with Crippen LogP contribution in [0.2, 0.25) is 5.15 Å². The van der Waals surface area contributed by atoms with Crippen molar-refractivity contribution in [2.45, 2.75) is 0 Å². The van der Waals surface area contributed by atoms with Crippen LogP contribution in [0.1, 0.15) is 5.56 Å². The molecule has 6 heteroatoms. The summed E-state index contributed by atoms with van der Waals surface area (Å²) in [6, 6.07) is 7.61. The van der Waals surface area contributed by atoms with Crippen LogP contribution in [0.5, 0.6) is 5.75 Å². The molecule has 0 saturated carbocycles. The second-order valence-corrected chi connectivity index (χ2v) is 4.85. The zero-order valence-corrected chi connectivity index (χ0v) is 12.4. The molecule has 0 aliphatic rings. The van der Waals surface area contributed by atoms with Crippen molar-refractivity contribution < 1.29 is 4.74 Å². The van der Waals surface area contributed by atoms with E-state index in [1.165, 1.54) is 0 Å². The number of halogens is 2. The number of ether oxygens (including phenoxy) is 1. The van der Waals surface area contributed by atoms with Gasteiger partial charge in [-0.3, -0.25) is 9.98 Å². The molecule has 0 spiro atoms. The Balaban J connectivity index is 2.42. The lowest BCUT2D eigenvalue weighted by molar-refractivity contribution is 0.414. The number of nitrogens with one attached hydrogen (secondary N) is 1. The van der Waals surface area contributed by atoms with Gasteiger partial charge in [0.2, 0.25) is 0 Å². The van der Waals surface area contributed by atoms with Gasteiger partial charge >= 0.3 is 0 Å². The van der Waals surface area contributed by atoms with E-state index in [2.05, 4.69) is 20.9 Å². The fourth-order valence-corrected chi connectivity index (χ4v) is 2.22. The summed E-state index contributed by atoms with van der Waals surface area (Å²) in [7, 11) is 1.62. The van der Waals surface area contributed by atoms with Gasteiger partial charge in [0.05, 0.1) is 11.7 Å². The van der Waals surface area contributed by atoms with E-state index < -0.39 is 0 Å². The van der Waals surface area contributed by atoms with Crippen molar-refractivity contribution in [2.24, 2.45) is 0 Å². The minimum Gasteiger partial charge on any atom is -0.497 e. The first-order chi connectivity index (χ1) is 9.11. The van der Waals surface area contributed by atoms with Gasteiger partial charge in [0.15, 0.2) is 10.6 Å². The smallest absolute Gasteiger partial charge is 0.171 e. The molecule has 0 fully saturated rings. The number of rotatable bonds is 3. The van der Waals surface area contributed by atoms with Crippen LogP contribution in [-0.2, 0) is 0 Å². The molecule has 1 heterocycles. The number of hydrogen-bond acceptors (Lipinski definition) is 3. The van der Waals surface area contributed by atoms with Crippen LogP contribution in [0, 0.1) is 5.41 Å². The monoisotopic (exact) mass is 339 g/mol. The first kappa shape index (κ1) is 13.8. The van der Waals surface area contributed by atoms with Gasteiger partial charge < -0.3 is 4.74 Å². The van der Waals surface area contributed by atoms with Gasteiger partial charge in [0, 0.05) is 12.4 Å². The zero-order valence-electron chi connectivity index (χ0n) is 10.1. The highest BCUT2D eigenvalue weighted by Gasteiger charge is 2.02. The molecule has 0 aliphatic carbocycles. The van der Waals surface area contributed by atoms with Crippen molar-refractivity contribution >= 4 is 38.2 Å². The van der Waals surface area contributed by atoms with Crippen molar-refractivity contribution in [2.75, 3.05) is 7.11 Å². The lowest BCUT2D eigenvalue weighted by Gasteiger charge is -2.06. The molecule has 0 atom stereocenters. The van der Waals surface area contributed by atoms with Crippen molar-refractivity contribution in [3.05, 3.63) is 52.9 Å². The molecule has 1 aromatic carbocycles. The number of aromatic nitrogens is 2. The van der Waals surface area contributed by atoms with Gasteiger partial charge in [0.25, 0.3) is 0 Å². The Morgan fingerprint density at radius 3 is 3.05 bits per heavy atom. The molecule has 0 saturated heterocycles. The number of hydrogen-bond donors (Lipinski definition) is 1. The minimum atomic E-state index is 0.121. The van der Waals surface area contributed by atoms with Gasteiger partial charge in [-0.15, -0.1) is 0 Å². The average Bonchev–Trinajstić information content (AvgIpc) is 2.42. The van der Waals surface area contributed by atoms with E-state index in [0.717, 1.165) is 11.3 Å². The van der Waals surface area contributed by atoms with Crippen molar-refractivity contribution in [1.29, 1.82) is 5.41 Å². The van der Waals surface area contributed by atoms with E-state index in [1.807, 2.05) is 30.3 Å². The highest BCUT2D eigenvalue weighted by molar-refractivity contribution is 9.15. The first-order valence-electron chi connectivity index (χ1n) is 5.41. The largest absolute Gasteiger partial charge is 0.497 e. The van der Waals surface area contributed by atoms with Gasteiger partial charge in [0.1, 0.15) is 5.75 Å². The van der Waals surface area contributed by atoms with E-state index in [4.69, 9.17) is 21.7 Å². The fourth-order valence-electron chi connectivity index (χ4n) is 1.52. The molecule has 0 bridgehead atoms. The van der Waals surface area contributed by atoms with E-state index in [9.17, 15) is 0 Å². The summed E-state index contributed by atoms with van der Waals surface area (Å²) in [4.78, 5) is 3.85. The predicted octanol–water partition coefficient (Wildman–Crippen LogP) is 3.38. The van der Waals surface area contributed by atoms with Crippen LogP contribution >= 0.6 is 27.5 Å². The maximum absolute atomic E-state index is 7.84. The average molecular weight is 341 g/mol. The van der Waals surface area contributed by atoms with Crippen LogP contribution in [0.25, 0.3) is 10.7 Å². The summed E-state index contributed by atoms with van der Waals surface area (Å²) in [6.07, 6.45) is 5.08. The molecule has 19 heavy (non-hydrogen) atoms.